The zero-order valence-corrected chi connectivity index (χ0v) is 21.7. The van der Waals surface area contributed by atoms with E-state index in [2.05, 4.69) is 15.5 Å². The molecule has 0 heterocycles. The number of halogens is 2. The number of phenols is 1. The van der Waals surface area contributed by atoms with Crippen LogP contribution in [0.3, 0.4) is 0 Å². The lowest BCUT2D eigenvalue weighted by Gasteiger charge is -2.12. The lowest BCUT2D eigenvalue weighted by molar-refractivity contribution is 0.102. The summed E-state index contributed by atoms with van der Waals surface area (Å²) in [6, 6.07) is 15.5. The zero-order chi connectivity index (χ0) is 26.9. The Labute approximate surface area is 222 Å². The Balaban J connectivity index is 1.81. The van der Waals surface area contributed by atoms with E-state index in [0.29, 0.717) is 32.8 Å². The molecule has 9 nitrogen and oxygen atoms in total. The summed E-state index contributed by atoms with van der Waals surface area (Å²) < 4.78 is 37.9. The number of phenolic OH excluding ortho intramolecular Hbond substituents is 1. The highest BCUT2D eigenvalue weighted by Crippen LogP contribution is 2.40. The van der Waals surface area contributed by atoms with E-state index < -0.39 is 26.7 Å². The summed E-state index contributed by atoms with van der Waals surface area (Å²) in [7, 11) is -3.15. The van der Waals surface area contributed by atoms with Crippen LogP contribution in [0.1, 0.15) is 15.9 Å². The van der Waals surface area contributed by atoms with Gasteiger partial charge >= 0.3 is 0 Å². The minimum atomic E-state index is -4.61. The molecule has 0 saturated heterocycles. The van der Waals surface area contributed by atoms with E-state index in [0.717, 1.165) is 6.07 Å². The molecule has 0 aliphatic heterocycles. The van der Waals surface area contributed by atoms with Crippen LogP contribution in [0.2, 0.25) is 10.0 Å². The number of amides is 1. The molecule has 12 heteroatoms. The standard InChI is InChI=1S/C25H19Cl2N3O6S/c1-13-7-20(27)22(37(33,34)35)12-21(13)29-30-23-18-6-4-3-5-14(18)8-19(24(23)31)25(32)28-16-9-15(26)10-17(11-16)36-2/h3-12,31H,1-2H3,(H,28,32)(H,33,34,35). The Morgan fingerprint density at radius 2 is 1.76 bits per heavy atom. The lowest BCUT2D eigenvalue weighted by atomic mass is 10.0. The smallest absolute Gasteiger partial charge is 0.296 e. The quantitative estimate of drug-likeness (QED) is 0.170. The van der Waals surface area contributed by atoms with E-state index in [9.17, 15) is 22.9 Å². The second-order valence-electron chi connectivity index (χ2n) is 7.92. The molecule has 4 rings (SSSR count). The number of rotatable bonds is 6. The highest BCUT2D eigenvalue weighted by atomic mass is 35.5. The van der Waals surface area contributed by atoms with Crippen LogP contribution < -0.4 is 10.1 Å². The Morgan fingerprint density at radius 1 is 1.03 bits per heavy atom. The van der Waals surface area contributed by atoms with Crippen molar-refractivity contribution in [1.29, 1.82) is 0 Å². The van der Waals surface area contributed by atoms with Crippen LogP contribution in [0, 0.1) is 6.92 Å². The number of hydrogen-bond acceptors (Lipinski definition) is 7. The number of carbonyl (C=O) groups excluding carboxylic acids is 1. The summed E-state index contributed by atoms with van der Waals surface area (Å²) >= 11 is 12.0. The molecule has 0 aliphatic rings. The second-order valence-corrected chi connectivity index (χ2v) is 10.2. The van der Waals surface area contributed by atoms with Gasteiger partial charge in [0.25, 0.3) is 16.0 Å². The van der Waals surface area contributed by atoms with Crippen molar-refractivity contribution in [1.82, 2.24) is 0 Å². The molecule has 3 N–H and O–H groups in total. The van der Waals surface area contributed by atoms with Gasteiger partial charge in [-0.1, -0.05) is 47.5 Å². The first-order chi connectivity index (χ1) is 17.5. The Kier molecular flexibility index (Phi) is 7.37. The van der Waals surface area contributed by atoms with Gasteiger partial charge in [-0.2, -0.15) is 13.5 Å². The third kappa shape index (κ3) is 5.67. The second kappa shape index (κ2) is 10.3. The average molecular weight is 560 g/mol. The molecule has 0 atom stereocenters. The van der Waals surface area contributed by atoms with Crippen LogP contribution in [0.5, 0.6) is 11.5 Å². The average Bonchev–Trinajstić information content (AvgIpc) is 2.82. The molecule has 0 unspecified atom stereocenters. The highest BCUT2D eigenvalue weighted by Gasteiger charge is 2.20. The van der Waals surface area contributed by atoms with Crippen LogP contribution in [0.4, 0.5) is 17.1 Å². The summed E-state index contributed by atoms with van der Waals surface area (Å²) in [6.45, 7) is 1.62. The van der Waals surface area contributed by atoms with Crippen molar-refractivity contribution in [3.63, 3.8) is 0 Å². The summed E-state index contributed by atoms with van der Waals surface area (Å²) in [5.41, 5.74) is 0.794. The van der Waals surface area contributed by atoms with Gasteiger partial charge in [-0.05, 0) is 48.2 Å². The van der Waals surface area contributed by atoms with Gasteiger partial charge < -0.3 is 15.2 Å². The number of anilines is 1. The number of nitrogens with one attached hydrogen (secondary N) is 1. The summed E-state index contributed by atoms with van der Waals surface area (Å²) in [5, 5.41) is 23.2. The maximum Gasteiger partial charge on any atom is 0.296 e. The molecule has 4 aromatic carbocycles. The highest BCUT2D eigenvalue weighted by molar-refractivity contribution is 7.86. The number of benzene rings is 4. The van der Waals surface area contributed by atoms with Gasteiger partial charge in [0.1, 0.15) is 16.3 Å². The number of methoxy groups -OCH3 is 1. The molecule has 0 saturated carbocycles. The summed E-state index contributed by atoms with van der Waals surface area (Å²) in [4.78, 5) is 12.6. The molecule has 37 heavy (non-hydrogen) atoms. The SMILES string of the molecule is COc1cc(Cl)cc(NC(=O)c2cc3ccccc3c(N=Nc3cc(S(=O)(=O)O)c(Cl)cc3C)c2O)c1. The van der Waals surface area contributed by atoms with Crippen LogP contribution in [-0.2, 0) is 10.1 Å². The minimum absolute atomic E-state index is 0.0188. The molecule has 1 amide bonds. The van der Waals surface area contributed by atoms with Gasteiger partial charge in [-0.15, -0.1) is 5.11 Å². The summed E-state index contributed by atoms with van der Waals surface area (Å²) in [6.07, 6.45) is 0. The Hall–Kier alpha value is -3.70. The van der Waals surface area contributed by atoms with Gasteiger partial charge in [0, 0.05) is 22.2 Å². The van der Waals surface area contributed by atoms with Crippen LogP contribution in [-0.4, -0.2) is 31.1 Å². The van der Waals surface area contributed by atoms with E-state index >= 15 is 0 Å². The predicted molar refractivity (Wildman–Crippen MR) is 142 cm³/mol. The fourth-order valence-corrected chi connectivity index (χ4v) is 4.90. The van der Waals surface area contributed by atoms with E-state index in [4.69, 9.17) is 27.9 Å². The topological polar surface area (TPSA) is 138 Å². The number of carbonyl (C=O) groups is 1. The molecular weight excluding hydrogens is 541 g/mol. The molecule has 0 aromatic heterocycles. The van der Waals surface area contributed by atoms with Crippen molar-refractivity contribution in [2.24, 2.45) is 10.2 Å². The van der Waals surface area contributed by atoms with Gasteiger partial charge in [0.15, 0.2) is 5.75 Å². The maximum atomic E-state index is 13.1. The van der Waals surface area contributed by atoms with E-state index in [1.54, 1.807) is 43.3 Å². The minimum Gasteiger partial charge on any atom is -0.505 e. The Morgan fingerprint density at radius 3 is 2.46 bits per heavy atom. The number of fused-ring (bicyclic) bond motifs is 1. The largest absolute Gasteiger partial charge is 0.505 e. The van der Waals surface area contributed by atoms with Gasteiger partial charge in [-0.3, -0.25) is 9.35 Å². The third-order valence-corrected chi connectivity index (χ3v) is 6.93. The van der Waals surface area contributed by atoms with Crippen molar-refractivity contribution in [2.75, 3.05) is 12.4 Å². The van der Waals surface area contributed by atoms with Crippen LogP contribution in [0.25, 0.3) is 10.8 Å². The van der Waals surface area contributed by atoms with Crippen molar-refractivity contribution in [2.45, 2.75) is 11.8 Å². The number of azo groups is 1. The van der Waals surface area contributed by atoms with Crippen LogP contribution in [0.15, 0.2) is 75.8 Å². The number of hydrogen-bond donors (Lipinski definition) is 3. The van der Waals surface area contributed by atoms with Gasteiger partial charge in [0.05, 0.1) is 23.4 Å². The van der Waals surface area contributed by atoms with E-state index in [1.807, 2.05) is 0 Å². The fourth-order valence-electron chi connectivity index (χ4n) is 3.59. The van der Waals surface area contributed by atoms with Crippen molar-refractivity contribution >= 4 is 67.1 Å². The molecule has 0 spiro atoms. The summed E-state index contributed by atoms with van der Waals surface area (Å²) in [5.74, 6) is -0.654. The normalized spacial score (nSPS) is 11.7. The molecule has 190 valence electrons. The molecule has 0 bridgehead atoms. The molecule has 0 aliphatic carbocycles. The lowest BCUT2D eigenvalue weighted by Crippen LogP contribution is -2.12. The predicted octanol–water partition coefficient (Wildman–Crippen LogP) is 7.08. The molecule has 0 radical (unpaired) electrons. The zero-order valence-electron chi connectivity index (χ0n) is 19.4. The monoisotopic (exact) mass is 559 g/mol. The molecule has 4 aromatic rings. The number of ether oxygens (including phenoxy) is 1. The number of nitrogens with zero attached hydrogens (tertiary/aromatic N) is 2. The van der Waals surface area contributed by atoms with Crippen molar-refractivity contribution in [3.05, 3.63) is 81.8 Å². The Bertz CT molecular complexity index is 1690. The first-order valence-corrected chi connectivity index (χ1v) is 12.8. The number of aromatic hydroxyl groups is 1. The first kappa shape index (κ1) is 26.4. The van der Waals surface area contributed by atoms with Gasteiger partial charge in [-0.25, -0.2) is 0 Å². The van der Waals surface area contributed by atoms with E-state index in [-0.39, 0.29) is 22.0 Å². The fraction of sp³-hybridized carbons (Fsp3) is 0.0800. The first-order valence-electron chi connectivity index (χ1n) is 10.6. The maximum absolute atomic E-state index is 13.1. The molecule has 0 fully saturated rings. The van der Waals surface area contributed by atoms with Gasteiger partial charge in [0.2, 0.25) is 0 Å². The van der Waals surface area contributed by atoms with Crippen LogP contribution >= 0.6 is 23.2 Å². The number of aryl methyl sites for hydroxylation is 1. The van der Waals surface area contributed by atoms with E-state index in [1.165, 1.54) is 25.3 Å². The molecular formula is C25H19Cl2N3O6S. The van der Waals surface area contributed by atoms with Crippen molar-refractivity contribution in [3.8, 4) is 11.5 Å². The van der Waals surface area contributed by atoms with Crippen molar-refractivity contribution < 1.29 is 27.6 Å². The third-order valence-electron chi connectivity index (χ3n) is 5.39.